The molecule has 1 N–H and O–H groups in total. The average Bonchev–Trinajstić information content (AvgIpc) is 2.14. The molecule has 1 heteroatoms. The van der Waals surface area contributed by atoms with Crippen molar-refractivity contribution in [2.45, 2.75) is 78.2 Å². The molecule has 0 spiro atoms. The molecule has 0 radical (unpaired) electrons. The van der Waals surface area contributed by atoms with Crippen LogP contribution in [0.25, 0.3) is 0 Å². The van der Waals surface area contributed by atoms with Crippen molar-refractivity contribution >= 4 is 0 Å². The minimum Gasteiger partial charge on any atom is -0.390 e. The van der Waals surface area contributed by atoms with Gasteiger partial charge in [0.1, 0.15) is 0 Å². The third-order valence-corrected chi connectivity index (χ3v) is 3.84. The van der Waals surface area contributed by atoms with Gasteiger partial charge in [-0.2, -0.15) is 0 Å². The molecule has 2 unspecified atom stereocenters. The van der Waals surface area contributed by atoms with Crippen molar-refractivity contribution in [2.75, 3.05) is 0 Å². The van der Waals surface area contributed by atoms with Crippen molar-refractivity contribution in [2.24, 2.45) is 11.3 Å². The lowest BCUT2D eigenvalue weighted by atomic mass is 9.73. The predicted octanol–water partition coefficient (Wildman–Crippen LogP) is 4.14. The number of aliphatic hydroxyl groups is 1. The first-order valence-corrected chi connectivity index (χ1v) is 6.57. The Kier molecular flexibility index (Phi) is 4.22. The van der Waals surface area contributed by atoms with Crippen molar-refractivity contribution in [3.8, 4) is 0 Å². The van der Waals surface area contributed by atoms with E-state index in [1.807, 2.05) is 0 Å². The second-order valence-corrected chi connectivity index (χ2v) is 6.66. The highest BCUT2D eigenvalue weighted by Gasteiger charge is 2.34. The van der Waals surface area contributed by atoms with Gasteiger partial charge in [0.05, 0.1) is 5.60 Å². The van der Waals surface area contributed by atoms with Gasteiger partial charge in [0.2, 0.25) is 0 Å². The van der Waals surface area contributed by atoms with E-state index in [2.05, 4.69) is 27.7 Å². The third-order valence-electron chi connectivity index (χ3n) is 3.84. The molecule has 1 aliphatic carbocycles. The molecule has 0 bridgehead atoms. The molecular formula is C14H28O. The molecule has 0 amide bonds. The Morgan fingerprint density at radius 3 is 2.53 bits per heavy atom. The Bertz CT molecular complexity index is 192. The highest BCUT2D eigenvalue weighted by atomic mass is 16.3. The van der Waals surface area contributed by atoms with Crippen LogP contribution in [0.4, 0.5) is 0 Å². The lowest BCUT2D eigenvalue weighted by Gasteiger charge is -2.38. The highest BCUT2D eigenvalue weighted by molar-refractivity contribution is 4.87. The van der Waals surface area contributed by atoms with Crippen LogP contribution in [0.2, 0.25) is 0 Å². The summed E-state index contributed by atoms with van der Waals surface area (Å²) in [4.78, 5) is 0. The summed E-state index contributed by atoms with van der Waals surface area (Å²) in [5.41, 5.74) is 0.0150. The first-order chi connectivity index (χ1) is 6.85. The van der Waals surface area contributed by atoms with Crippen LogP contribution in [0.1, 0.15) is 72.6 Å². The molecule has 0 aromatic rings. The fraction of sp³-hybridized carbons (Fsp3) is 1.00. The van der Waals surface area contributed by atoms with Crippen LogP contribution in [-0.2, 0) is 0 Å². The van der Waals surface area contributed by atoms with Gasteiger partial charge in [0.25, 0.3) is 0 Å². The monoisotopic (exact) mass is 212 g/mol. The average molecular weight is 212 g/mol. The van der Waals surface area contributed by atoms with Crippen LogP contribution in [0, 0.1) is 11.3 Å². The first kappa shape index (κ1) is 13.0. The quantitative estimate of drug-likeness (QED) is 0.745. The Morgan fingerprint density at radius 2 is 2.00 bits per heavy atom. The molecule has 1 aliphatic rings. The molecule has 90 valence electrons. The highest BCUT2D eigenvalue weighted by Crippen LogP contribution is 2.39. The molecule has 0 saturated heterocycles. The van der Waals surface area contributed by atoms with Gasteiger partial charge in [-0.3, -0.25) is 0 Å². The van der Waals surface area contributed by atoms with Crippen molar-refractivity contribution < 1.29 is 5.11 Å². The minimum absolute atomic E-state index is 0.341. The molecule has 0 heterocycles. The fourth-order valence-corrected chi connectivity index (χ4v) is 2.64. The van der Waals surface area contributed by atoms with Gasteiger partial charge in [0.15, 0.2) is 0 Å². The van der Waals surface area contributed by atoms with E-state index in [9.17, 15) is 5.11 Å². The van der Waals surface area contributed by atoms with E-state index in [4.69, 9.17) is 0 Å². The maximum Gasteiger partial charge on any atom is 0.0650 e. The Labute approximate surface area is 95.3 Å². The van der Waals surface area contributed by atoms with E-state index in [0.29, 0.717) is 5.41 Å². The molecule has 1 fully saturated rings. The normalized spacial score (nSPS) is 33.0. The minimum atomic E-state index is -0.341. The molecule has 15 heavy (non-hydrogen) atoms. The van der Waals surface area contributed by atoms with Gasteiger partial charge in [-0.05, 0) is 37.0 Å². The number of hydrogen-bond acceptors (Lipinski definition) is 1. The fourth-order valence-electron chi connectivity index (χ4n) is 2.64. The maximum absolute atomic E-state index is 10.5. The zero-order chi connectivity index (χ0) is 11.5. The molecular weight excluding hydrogens is 184 g/mol. The zero-order valence-corrected chi connectivity index (χ0v) is 11.0. The number of hydrogen-bond donors (Lipinski definition) is 1. The van der Waals surface area contributed by atoms with Crippen molar-refractivity contribution in [3.63, 3.8) is 0 Å². The zero-order valence-electron chi connectivity index (χ0n) is 11.0. The second-order valence-electron chi connectivity index (χ2n) is 6.66. The van der Waals surface area contributed by atoms with Crippen molar-refractivity contribution in [1.29, 1.82) is 0 Å². The van der Waals surface area contributed by atoms with Crippen LogP contribution in [0.5, 0.6) is 0 Å². The number of rotatable bonds is 3. The summed E-state index contributed by atoms with van der Waals surface area (Å²) >= 11 is 0. The van der Waals surface area contributed by atoms with Crippen LogP contribution < -0.4 is 0 Å². The standard InChI is InChI=1S/C14H28O/c1-5-12-7-6-8-14(15,11-12)10-9-13(2,3)4/h12,15H,5-11H2,1-4H3. The maximum atomic E-state index is 10.5. The van der Waals surface area contributed by atoms with E-state index in [0.717, 1.165) is 31.6 Å². The van der Waals surface area contributed by atoms with Crippen LogP contribution in [-0.4, -0.2) is 10.7 Å². The Balaban J connectivity index is 2.43. The summed E-state index contributed by atoms with van der Waals surface area (Å²) in [5.74, 6) is 0.767. The topological polar surface area (TPSA) is 20.2 Å². The largest absolute Gasteiger partial charge is 0.390 e. The summed E-state index contributed by atoms with van der Waals surface area (Å²) in [6.45, 7) is 9.03. The van der Waals surface area contributed by atoms with Gasteiger partial charge >= 0.3 is 0 Å². The van der Waals surface area contributed by atoms with Crippen LogP contribution >= 0.6 is 0 Å². The van der Waals surface area contributed by atoms with E-state index in [1.165, 1.54) is 19.3 Å². The summed E-state index contributed by atoms with van der Waals surface area (Å²) in [6.07, 6.45) is 7.98. The predicted molar refractivity (Wildman–Crippen MR) is 65.9 cm³/mol. The summed E-state index contributed by atoms with van der Waals surface area (Å²) in [6, 6.07) is 0. The van der Waals surface area contributed by atoms with Gasteiger partial charge in [-0.1, -0.05) is 47.0 Å². The van der Waals surface area contributed by atoms with E-state index >= 15 is 0 Å². The van der Waals surface area contributed by atoms with Crippen LogP contribution in [0.15, 0.2) is 0 Å². The lowest BCUT2D eigenvalue weighted by molar-refractivity contribution is -0.0310. The van der Waals surface area contributed by atoms with Crippen LogP contribution in [0.3, 0.4) is 0 Å². The van der Waals surface area contributed by atoms with Gasteiger partial charge in [-0.25, -0.2) is 0 Å². The summed E-state index contributed by atoms with van der Waals surface area (Å²) in [7, 11) is 0. The van der Waals surface area contributed by atoms with Gasteiger partial charge in [-0.15, -0.1) is 0 Å². The molecule has 1 nitrogen and oxygen atoms in total. The smallest absolute Gasteiger partial charge is 0.0650 e. The molecule has 1 saturated carbocycles. The molecule has 0 aliphatic heterocycles. The molecule has 0 aromatic carbocycles. The summed E-state index contributed by atoms with van der Waals surface area (Å²) < 4.78 is 0. The van der Waals surface area contributed by atoms with Crippen molar-refractivity contribution in [1.82, 2.24) is 0 Å². The molecule has 1 rings (SSSR count). The SMILES string of the molecule is CCC1CCCC(O)(CCC(C)(C)C)C1. The van der Waals surface area contributed by atoms with Gasteiger partial charge in [0, 0.05) is 0 Å². The van der Waals surface area contributed by atoms with Crippen molar-refractivity contribution in [3.05, 3.63) is 0 Å². The van der Waals surface area contributed by atoms with E-state index < -0.39 is 0 Å². The van der Waals surface area contributed by atoms with E-state index in [-0.39, 0.29) is 5.60 Å². The molecule has 2 atom stereocenters. The molecule has 0 aromatic heterocycles. The third kappa shape index (κ3) is 4.55. The summed E-state index contributed by atoms with van der Waals surface area (Å²) in [5, 5.41) is 10.5. The van der Waals surface area contributed by atoms with E-state index in [1.54, 1.807) is 0 Å². The first-order valence-electron chi connectivity index (χ1n) is 6.57. The Hall–Kier alpha value is -0.0400. The lowest BCUT2D eigenvalue weighted by Crippen LogP contribution is -2.36. The second kappa shape index (κ2) is 4.86. The van der Waals surface area contributed by atoms with Gasteiger partial charge < -0.3 is 5.11 Å². The Morgan fingerprint density at radius 1 is 1.33 bits per heavy atom.